The van der Waals surface area contributed by atoms with Crippen LogP contribution in [0.2, 0.25) is 0 Å². The average Bonchev–Trinajstić information content (AvgIpc) is 3.29. The number of halogens is 1. The fourth-order valence-electron chi connectivity index (χ4n) is 4.18. The molecule has 1 spiro atoms. The molecule has 1 saturated carbocycles. The van der Waals surface area contributed by atoms with Crippen LogP contribution in [0.5, 0.6) is 0 Å². The quantitative estimate of drug-likeness (QED) is 0.677. The molecule has 3 heterocycles. The summed E-state index contributed by atoms with van der Waals surface area (Å²) in [4.78, 5) is 12.4. The van der Waals surface area contributed by atoms with Crippen LogP contribution in [-0.4, -0.2) is 39.1 Å². The van der Waals surface area contributed by atoms with E-state index in [-0.39, 0.29) is 17.9 Å². The van der Waals surface area contributed by atoms with Gasteiger partial charge < -0.3 is 10.1 Å². The number of carbonyl (C=O) groups is 1. The molecule has 2 fully saturated rings. The van der Waals surface area contributed by atoms with E-state index in [0.29, 0.717) is 28.4 Å². The highest BCUT2D eigenvalue weighted by molar-refractivity contribution is 5.91. The molecule has 2 N–H and O–H groups in total. The molecule has 30 heavy (non-hydrogen) atoms. The van der Waals surface area contributed by atoms with E-state index in [1.165, 1.54) is 16.8 Å². The van der Waals surface area contributed by atoms with Crippen molar-refractivity contribution in [2.75, 3.05) is 18.5 Å². The first-order valence-corrected chi connectivity index (χ1v) is 9.69. The van der Waals surface area contributed by atoms with Crippen LogP contribution in [-0.2, 0) is 16.0 Å². The van der Waals surface area contributed by atoms with Gasteiger partial charge in [-0.15, -0.1) is 0 Å². The Hall–Kier alpha value is -3.51. The maximum atomic E-state index is 13.6. The maximum Gasteiger partial charge on any atom is 0.230 e. The van der Waals surface area contributed by atoms with Crippen molar-refractivity contribution >= 4 is 11.7 Å². The first-order chi connectivity index (χ1) is 14.5. The number of anilines is 1. The number of H-pyrrole nitrogens is 1. The van der Waals surface area contributed by atoms with Gasteiger partial charge in [0.15, 0.2) is 5.82 Å². The minimum absolute atomic E-state index is 0.104. The van der Waals surface area contributed by atoms with E-state index in [9.17, 15) is 9.18 Å². The van der Waals surface area contributed by atoms with Crippen molar-refractivity contribution in [3.05, 3.63) is 59.3 Å². The fourth-order valence-corrected chi connectivity index (χ4v) is 4.18. The van der Waals surface area contributed by atoms with Gasteiger partial charge >= 0.3 is 0 Å². The van der Waals surface area contributed by atoms with Crippen molar-refractivity contribution in [1.82, 2.24) is 20.0 Å². The van der Waals surface area contributed by atoms with Crippen molar-refractivity contribution in [3.63, 3.8) is 0 Å². The van der Waals surface area contributed by atoms with Gasteiger partial charge in [0.2, 0.25) is 5.91 Å². The molecule has 5 rings (SSSR count). The molecule has 0 unspecified atom stereocenters. The van der Waals surface area contributed by atoms with E-state index in [1.54, 1.807) is 12.4 Å². The molecule has 8 nitrogen and oxygen atoms in total. The molecule has 9 heteroatoms. The van der Waals surface area contributed by atoms with Gasteiger partial charge in [-0.3, -0.25) is 9.89 Å². The van der Waals surface area contributed by atoms with Crippen molar-refractivity contribution in [3.8, 4) is 11.8 Å². The first kappa shape index (κ1) is 18.5. The Bertz CT molecular complexity index is 1150. The van der Waals surface area contributed by atoms with Gasteiger partial charge in [0.25, 0.3) is 0 Å². The van der Waals surface area contributed by atoms with Crippen LogP contribution in [0.4, 0.5) is 10.2 Å². The fraction of sp³-hybridized carbons (Fsp3) is 0.333. The van der Waals surface area contributed by atoms with E-state index in [0.717, 1.165) is 37.8 Å². The number of rotatable bonds is 5. The van der Waals surface area contributed by atoms with Gasteiger partial charge in [-0.05, 0) is 36.6 Å². The van der Waals surface area contributed by atoms with Crippen molar-refractivity contribution in [2.45, 2.75) is 25.2 Å². The van der Waals surface area contributed by atoms with Crippen LogP contribution in [0, 0.1) is 22.6 Å². The molecule has 1 saturated heterocycles. The number of aromatic amines is 1. The van der Waals surface area contributed by atoms with Crippen molar-refractivity contribution in [1.29, 1.82) is 5.26 Å². The molecule has 152 valence electrons. The predicted octanol–water partition coefficient (Wildman–Crippen LogP) is 2.68. The molecular formula is C21H19FN6O2. The highest BCUT2D eigenvalue weighted by Gasteiger charge is 2.50. The lowest BCUT2D eigenvalue weighted by Crippen LogP contribution is -2.51. The van der Waals surface area contributed by atoms with E-state index in [4.69, 9.17) is 10.00 Å². The highest BCUT2D eigenvalue weighted by Crippen LogP contribution is 2.54. The maximum absolute atomic E-state index is 13.6. The standard InChI is InChI=1S/C21H19FN6O2/c22-16-1-13(8-23)2-17(4-16)28-10-14(9-24-28)3-20(29)25-19-5-18(26-27-19)15-6-21(7-15)11-30-12-21/h1-2,4-5,9-10,15H,3,6-7,11-12H2,(H2,25,26,27,29). The number of nitrogens with zero attached hydrogens (tertiary/aromatic N) is 4. The zero-order valence-corrected chi connectivity index (χ0v) is 16.1. The lowest BCUT2D eigenvalue weighted by molar-refractivity contribution is -0.164. The number of benzene rings is 1. The molecule has 3 aromatic rings. The van der Waals surface area contributed by atoms with Gasteiger partial charge in [-0.25, -0.2) is 9.07 Å². The molecule has 1 aliphatic carbocycles. The molecule has 0 bridgehead atoms. The molecule has 1 aromatic carbocycles. The summed E-state index contributed by atoms with van der Waals surface area (Å²) in [5.74, 6) is 0.198. The Morgan fingerprint density at radius 3 is 2.93 bits per heavy atom. The van der Waals surface area contributed by atoms with E-state index >= 15 is 0 Å². The second-order valence-corrected chi connectivity index (χ2v) is 8.13. The van der Waals surface area contributed by atoms with Gasteiger partial charge in [-0.1, -0.05) is 0 Å². The minimum Gasteiger partial charge on any atom is -0.380 e. The molecule has 2 aromatic heterocycles. The lowest BCUT2D eigenvalue weighted by Gasteiger charge is -2.53. The predicted molar refractivity (Wildman–Crippen MR) is 104 cm³/mol. The number of aromatic nitrogens is 4. The van der Waals surface area contributed by atoms with Crippen molar-refractivity contribution < 1.29 is 13.9 Å². The normalized spacial score (nSPS) is 17.2. The summed E-state index contributed by atoms with van der Waals surface area (Å²) < 4.78 is 20.4. The van der Waals surface area contributed by atoms with E-state index < -0.39 is 5.82 Å². The summed E-state index contributed by atoms with van der Waals surface area (Å²) in [6.07, 6.45) is 5.47. The SMILES string of the molecule is N#Cc1cc(F)cc(-n2cc(CC(=O)Nc3cc(C4CC5(COC5)C4)[nH]n3)cn2)c1. The molecule has 1 amide bonds. The number of ether oxygens (including phenoxy) is 1. The number of nitrogens with one attached hydrogen (secondary N) is 2. The summed E-state index contributed by atoms with van der Waals surface area (Å²) in [5, 5.41) is 23.2. The third kappa shape index (κ3) is 3.46. The number of amides is 1. The monoisotopic (exact) mass is 406 g/mol. The number of hydrogen-bond donors (Lipinski definition) is 2. The van der Waals surface area contributed by atoms with Gasteiger partial charge in [0.05, 0.1) is 43.2 Å². The second kappa shape index (κ2) is 7.07. The molecule has 2 aliphatic rings. The minimum atomic E-state index is -0.518. The Morgan fingerprint density at radius 1 is 1.37 bits per heavy atom. The molecular weight excluding hydrogens is 387 g/mol. The van der Waals surface area contributed by atoms with Crippen LogP contribution < -0.4 is 5.32 Å². The zero-order chi connectivity index (χ0) is 20.7. The van der Waals surface area contributed by atoms with Gasteiger partial charge in [0.1, 0.15) is 5.82 Å². The van der Waals surface area contributed by atoms with Gasteiger partial charge in [0, 0.05) is 29.3 Å². The van der Waals surface area contributed by atoms with E-state index in [2.05, 4.69) is 20.6 Å². The summed E-state index contributed by atoms with van der Waals surface area (Å²) in [6, 6.07) is 7.77. The zero-order valence-electron chi connectivity index (χ0n) is 16.1. The smallest absolute Gasteiger partial charge is 0.230 e. The summed E-state index contributed by atoms with van der Waals surface area (Å²) in [6.45, 7) is 1.70. The largest absolute Gasteiger partial charge is 0.380 e. The first-order valence-electron chi connectivity index (χ1n) is 9.69. The van der Waals surface area contributed by atoms with Crippen LogP contribution in [0.25, 0.3) is 5.69 Å². The van der Waals surface area contributed by atoms with Gasteiger partial charge in [-0.2, -0.15) is 15.5 Å². The Labute approximate surface area is 171 Å². The Kier molecular flexibility index (Phi) is 4.37. The van der Waals surface area contributed by atoms with E-state index in [1.807, 2.05) is 12.1 Å². The third-order valence-corrected chi connectivity index (χ3v) is 5.76. The second-order valence-electron chi connectivity index (χ2n) is 8.13. The summed E-state index contributed by atoms with van der Waals surface area (Å²) in [5.41, 5.74) is 2.70. The average molecular weight is 406 g/mol. The third-order valence-electron chi connectivity index (χ3n) is 5.76. The number of hydrogen-bond acceptors (Lipinski definition) is 5. The lowest BCUT2D eigenvalue weighted by atomic mass is 9.60. The number of carbonyl (C=O) groups excluding carboxylic acids is 1. The Balaban J connectivity index is 1.20. The van der Waals surface area contributed by atoms with Crippen LogP contribution in [0.3, 0.4) is 0 Å². The van der Waals surface area contributed by atoms with Crippen LogP contribution in [0.15, 0.2) is 36.7 Å². The molecule has 0 atom stereocenters. The topological polar surface area (TPSA) is 109 Å². The molecule has 1 aliphatic heterocycles. The summed E-state index contributed by atoms with van der Waals surface area (Å²) >= 11 is 0. The molecule has 0 radical (unpaired) electrons. The highest BCUT2D eigenvalue weighted by atomic mass is 19.1. The number of nitriles is 1. The van der Waals surface area contributed by atoms with Crippen LogP contribution >= 0.6 is 0 Å². The Morgan fingerprint density at radius 2 is 2.20 bits per heavy atom. The van der Waals surface area contributed by atoms with Crippen LogP contribution in [0.1, 0.15) is 35.6 Å². The summed E-state index contributed by atoms with van der Waals surface area (Å²) in [7, 11) is 0. The van der Waals surface area contributed by atoms with Crippen molar-refractivity contribution in [2.24, 2.45) is 5.41 Å².